The van der Waals surface area contributed by atoms with Gasteiger partial charge in [-0.2, -0.15) is 0 Å². The minimum atomic E-state index is -0.307. The quantitative estimate of drug-likeness (QED) is 0.663. The molecule has 6 nitrogen and oxygen atoms in total. The molecule has 1 aromatic carbocycles. The Morgan fingerprint density at radius 2 is 1.79 bits per heavy atom. The third-order valence-electron chi connectivity index (χ3n) is 5.71. The molecule has 1 N–H and O–H groups in total. The molecule has 24 heavy (non-hydrogen) atoms. The second kappa shape index (κ2) is 7.38. The molecule has 0 spiro atoms. The molecule has 1 saturated heterocycles. The lowest BCUT2D eigenvalue weighted by Gasteiger charge is -2.41. The van der Waals surface area contributed by atoms with Crippen LogP contribution in [0.25, 0.3) is 0 Å². The first-order valence-corrected chi connectivity index (χ1v) is 8.88. The molecule has 0 bridgehead atoms. The van der Waals surface area contributed by atoms with Crippen LogP contribution in [0.1, 0.15) is 44.1 Å². The van der Waals surface area contributed by atoms with E-state index in [0.717, 1.165) is 18.0 Å². The van der Waals surface area contributed by atoms with Crippen molar-refractivity contribution in [2.24, 2.45) is 5.92 Å². The summed E-state index contributed by atoms with van der Waals surface area (Å²) in [5, 5.41) is 11.5. The first-order valence-electron chi connectivity index (χ1n) is 8.88. The summed E-state index contributed by atoms with van der Waals surface area (Å²) in [6.07, 6.45) is 7.74. The molecule has 0 aromatic heterocycles. The fraction of sp³-hybridized carbons (Fsp3) is 0.667. The van der Waals surface area contributed by atoms with Crippen LogP contribution in [0.2, 0.25) is 0 Å². The number of ether oxygens (including phenoxy) is 2. The Hall–Kier alpha value is -1.82. The number of piperidine rings is 1. The highest BCUT2D eigenvalue weighted by molar-refractivity contribution is 5.54. The smallest absolute Gasteiger partial charge is 0.282 e. The summed E-state index contributed by atoms with van der Waals surface area (Å²) in [7, 11) is 3.07. The van der Waals surface area contributed by atoms with E-state index in [4.69, 9.17) is 9.47 Å². The molecule has 0 radical (unpaired) electrons. The highest BCUT2D eigenvalue weighted by Gasteiger charge is 2.37. The van der Waals surface area contributed by atoms with Crippen molar-refractivity contribution in [1.29, 1.82) is 0 Å². The highest BCUT2D eigenvalue weighted by atomic mass is 16.6. The Labute approximate surface area is 142 Å². The number of likely N-dealkylation sites (tertiary alicyclic amines) is 1. The molecule has 132 valence electrons. The van der Waals surface area contributed by atoms with Gasteiger partial charge < -0.3 is 14.4 Å². The van der Waals surface area contributed by atoms with Gasteiger partial charge >= 0.3 is 0 Å². The molecule has 3 rings (SSSR count). The zero-order valence-corrected chi connectivity index (χ0v) is 14.5. The molecule has 1 aliphatic heterocycles. The predicted molar refractivity (Wildman–Crippen MR) is 90.7 cm³/mol. The van der Waals surface area contributed by atoms with Crippen molar-refractivity contribution < 1.29 is 19.3 Å². The van der Waals surface area contributed by atoms with E-state index in [-0.39, 0.29) is 10.6 Å². The Morgan fingerprint density at radius 3 is 2.50 bits per heavy atom. The Morgan fingerprint density at radius 1 is 1.12 bits per heavy atom. The van der Waals surface area contributed by atoms with Gasteiger partial charge in [0.1, 0.15) is 6.54 Å². The van der Waals surface area contributed by atoms with Gasteiger partial charge in [0.05, 0.1) is 43.4 Å². The van der Waals surface area contributed by atoms with Gasteiger partial charge in [-0.15, -0.1) is 0 Å². The summed E-state index contributed by atoms with van der Waals surface area (Å²) in [6, 6.07) is 3.94. The summed E-state index contributed by atoms with van der Waals surface area (Å²) in [5.74, 6) is 1.77. The number of nitrogens with one attached hydrogen (secondary N) is 1. The van der Waals surface area contributed by atoms with Crippen LogP contribution in [-0.4, -0.2) is 31.7 Å². The third-order valence-corrected chi connectivity index (χ3v) is 5.71. The number of nitro benzene ring substituents is 1. The molecule has 1 aromatic rings. The van der Waals surface area contributed by atoms with Crippen LogP contribution in [0.4, 0.5) is 5.69 Å². The lowest BCUT2D eigenvalue weighted by Crippen LogP contribution is -3.16. The Balaban J connectivity index is 1.88. The van der Waals surface area contributed by atoms with Gasteiger partial charge in [0, 0.05) is 5.92 Å². The number of nitro groups is 1. The number of hydrogen-bond acceptors (Lipinski definition) is 4. The summed E-state index contributed by atoms with van der Waals surface area (Å²) < 4.78 is 10.6. The molecule has 1 heterocycles. The molecule has 2 fully saturated rings. The average Bonchev–Trinajstić information content (AvgIpc) is 2.61. The van der Waals surface area contributed by atoms with Crippen LogP contribution in [0.15, 0.2) is 12.1 Å². The van der Waals surface area contributed by atoms with Gasteiger partial charge in [0.25, 0.3) is 5.69 Å². The van der Waals surface area contributed by atoms with E-state index in [2.05, 4.69) is 0 Å². The Bertz CT molecular complexity index is 603. The number of methoxy groups -OCH3 is 2. The molecule has 3 atom stereocenters. The van der Waals surface area contributed by atoms with Gasteiger partial charge in [0.2, 0.25) is 0 Å². The molecule has 2 aliphatic rings. The highest BCUT2D eigenvalue weighted by Crippen LogP contribution is 2.35. The molecular weight excluding hydrogens is 308 g/mol. The molecule has 0 amide bonds. The van der Waals surface area contributed by atoms with Crippen molar-refractivity contribution in [1.82, 2.24) is 0 Å². The standard InChI is InChI=1S/C18H26N2O4/c1-23-17-10-14(16(20(21)22)11-18(17)24-2)12-19-9-5-7-13-6-3-4-8-15(13)19/h10-11,13,15H,3-9,12H2,1-2H3/p+1/t13-,15-/m0/s1. The van der Waals surface area contributed by atoms with Crippen LogP contribution in [-0.2, 0) is 6.54 Å². The number of benzene rings is 1. The van der Waals surface area contributed by atoms with Crippen molar-refractivity contribution in [3.05, 3.63) is 27.8 Å². The predicted octanol–water partition coefficient (Wildman–Crippen LogP) is 2.35. The fourth-order valence-corrected chi connectivity index (χ4v) is 4.55. The van der Waals surface area contributed by atoms with E-state index in [1.54, 1.807) is 13.2 Å². The topological polar surface area (TPSA) is 66.0 Å². The van der Waals surface area contributed by atoms with Crippen molar-refractivity contribution in [3.63, 3.8) is 0 Å². The van der Waals surface area contributed by atoms with E-state index in [1.807, 2.05) is 0 Å². The number of quaternary nitrogens is 1. The van der Waals surface area contributed by atoms with Crippen molar-refractivity contribution in [2.45, 2.75) is 51.1 Å². The number of rotatable bonds is 5. The van der Waals surface area contributed by atoms with Crippen LogP contribution >= 0.6 is 0 Å². The zero-order chi connectivity index (χ0) is 17.1. The summed E-state index contributed by atoms with van der Waals surface area (Å²) in [4.78, 5) is 12.7. The maximum Gasteiger partial charge on any atom is 0.282 e. The number of fused-ring (bicyclic) bond motifs is 1. The number of hydrogen-bond donors (Lipinski definition) is 1. The first kappa shape index (κ1) is 17.0. The summed E-state index contributed by atoms with van der Waals surface area (Å²) in [5.41, 5.74) is 0.886. The van der Waals surface area contributed by atoms with Crippen LogP contribution in [0.3, 0.4) is 0 Å². The molecule has 1 aliphatic carbocycles. The zero-order valence-electron chi connectivity index (χ0n) is 14.5. The van der Waals surface area contributed by atoms with Gasteiger partial charge in [-0.25, -0.2) is 0 Å². The van der Waals surface area contributed by atoms with E-state index in [1.165, 1.54) is 56.6 Å². The van der Waals surface area contributed by atoms with Crippen molar-refractivity contribution >= 4 is 5.69 Å². The van der Waals surface area contributed by atoms with Gasteiger partial charge in [-0.1, -0.05) is 6.42 Å². The monoisotopic (exact) mass is 335 g/mol. The molecule has 1 saturated carbocycles. The minimum Gasteiger partial charge on any atom is -0.493 e. The fourth-order valence-electron chi connectivity index (χ4n) is 4.55. The first-order chi connectivity index (χ1) is 11.6. The lowest BCUT2D eigenvalue weighted by atomic mass is 9.78. The maximum absolute atomic E-state index is 11.5. The van der Waals surface area contributed by atoms with E-state index >= 15 is 0 Å². The third kappa shape index (κ3) is 3.34. The minimum absolute atomic E-state index is 0.137. The summed E-state index contributed by atoms with van der Waals surface area (Å²) in [6.45, 7) is 1.80. The van der Waals surface area contributed by atoms with E-state index in [0.29, 0.717) is 24.1 Å². The molecule has 6 heteroatoms. The SMILES string of the molecule is COc1cc(C[NH+]2CCC[C@@H]3CCCC[C@@H]32)c([N+](=O)[O-])cc1OC. The molecule has 1 unspecified atom stereocenters. The van der Waals surface area contributed by atoms with Crippen LogP contribution in [0.5, 0.6) is 11.5 Å². The lowest BCUT2D eigenvalue weighted by molar-refractivity contribution is -0.949. The van der Waals surface area contributed by atoms with E-state index in [9.17, 15) is 10.1 Å². The second-order valence-corrected chi connectivity index (χ2v) is 6.97. The van der Waals surface area contributed by atoms with Crippen molar-refractivity contribution in [2.75, 3.05) is 20.8 Å². The second-order valence-electron chi connectivity index (χ2n) is 6.97. The normalized spacial score (nSPS) is 26.5. The van der Waals surface area contributed by atoms with Gasteiger partial charge in [0.15, 0.2) is 11.5 Å². The van der Waals surface area contributed by atoms with Crippen molar-refractivity contribution in [3.8, 4) is 11.5 Å². The van der Waals surface area contributed by atoms with E-state index < -0.39 is 0 Å². The van der Waals surface area contributed by atoms with Gasteiger partial charge in [-0.3, -0.25) is 10.1 Å². The number of nitrogens with zero attached hydrogens (tertiary/aromatic N) is 1. The van der Waals surface area contributed by atoms with Crippen LogP contribution in [0, 0.1) is 16.0 Å². The van der Waals surface area contributed by atoms with Gasteiger partial charge in [-0.05, 0) is 38.2 Å². The van der Waals surface area contributed by atoms with Crippen LogP contribution < -0.4 is 14.4 Å². The average molecular weight is 335 g/mol. The largest absolute Gasteiger partial charge is 0.493 e. The maximum atomic E-state index is 11.5. The summed E-state index contributed by atoms with van der Waals surface area (Å²) >= 11 is 0. The molecular formula is C18H27N2O4+. The Kier molecular flexibility index (Phi) is 5.23.